The fourth-order valence-corrected chi connectivity index (χ4v) is 4.31. The van der Waals surface area contributed by atoms with E-state index in [1.54, 1.807) is 0 Å². The Labute approximate surface area is 104 Å². The molecule has 2 N–H and O–H groups in total. The maximum Gasteiger partial charge on any atom is 0.0322 e. The van der Waals surface area contributed by atoms with Gasteiger partial charge in [0.15, 0.2) is 0 Å². The van der Waals surface area contributed by atoms with Crippen LogP contribution < -0.4 is 16.3 Å². The van der Waals surface area contributed by atoms with Gasteiger partial charge in [-0.2, -0.15) is 0 Å². The number of benzene rings is 2. The van der Waals surface area contributed by atoms with Gasteiger partial charge in [0, 0.05) is 5.78 Å². The molecular weight excluding hydrogens is 225 g/mol. The second-order valence-corrected chi connectivity index (χ2v) is 6.45. The molecule has 0 saturated carbocycles. The molecule has 0 aliphatic rings. The molecule has 0 saturated heterocycles. The molecule has 0 heterocycles. The van der Waals surface area contributed by atoms with Gasteiger partial charge in [-0.1, -0.05) is 67.6 Å². The minimum atomic E-state index is -0.434. The summed E-state index contributed by atoms with van der Waals surface area (Å²) in [7, 11) is -0.434. The molecule has 1 nitrogen and oxygen atoms in total. The van der Waals surface area contributed by atoms with Gasteiger partial charge in [-0.25, -0.2) is 0 Å². The normalized spacial score (nSPS) is 12.6. The maximum absolute atomic E-state index is 6.31. The Bertz CT molecular complexity index is 401. The number of nitrogens with two attached hydrogens (primary N) is 1. The lowest BCUT2D eigenvalue weighted by Crippen LogP contribution is -2.27. The second kappa shape index (κ2) is 5.95. The Morgan fingerprint density at radius 1 is 0.882 bits per heavy atom. The third kappa shape index (κ3) is 2.94. The molecule has 0 aliphatic carbocycles. The van der Waals surface area contributed by atoms with Crippen molar-refractivity contribution in [1.82, 2.24) is 0 Å². The monoisotopic (exact) mass is 243 g/mol. The van der Waals surface area contributed by atoms with Crippen molar-refractivity contribution in [2.45, 2.75) is 19.1 Å². The highest BCUT2D eigenvalue weighted by molar-refractivity contribution is 7.73. The van der Waals surface area contributed by atoms with E-state index in [2.05, 4.69) is 67.6 Å². The lowest BCUT2D eigenvalue weighted by molar-refractivity contribution is 0.861. The van der Waals surface area contributed by atoms with Crippen LogP contribution in [0, 0.1) is 0 Å². The molecular formula is C15H18NP. The van der Waals surface area contributed by atoms with E-state index in [1.807, 2.05) is 0 Å². The summed E-state index contributed by atoms with van der Waals surface area (Å²) in [5, 5.41) is 2.73. The topological polar surface area (TPSA) is 26.0 Å². The fraction of sp³-hybridized carbons (Fsp3) is 0.200. The molecule has 88 valence electrons. The number of rotatable bonds is 4. The van der Waals surface area contributed by atoms with Gasteiger partial charge >= 0.3 is 0 Å². The van der Waals surface area contributed by atoms with E-state index < -0.39 is 7.92 Å². The van der Waals surface area contributed by atoms with Gasteiger partial charge in [0.05, 0.1) is 0 Å². The summed E-state index contributed by atoms with van der Waals surface area (Å²) in [6, 6.07) is 21.2. The average Bonchev–Trinajstić information content (AvgIpc) is 2.41. The fourth-order valence-electron chi connectivity index (χ4n) is 1.89. The van der Waals surface area contributed by atoms with Crippen molar-refractivity contribution in [3.8, 4) is 0 Å². The summed E-state index contributed by atoms with van der Waals surface area (Å²) in [6.07, 6.45) is 1.01. The largest absolute Gasteiger partial charge is 0.324 e. The SMILES string of the molecule is CCC(N)P(c1ccccc1)c1ccccc1. The highest BCUT2D eigenvalue weighted by Gasteiger charge is 2.19. The lowest BCUT2D eigenvalue weighted by Gasteiger charge is -2.24. The first-order valence-electron chi connectivity index (χ1n) is 5.98. The van der Waals surface area contributed by atoms with E-state index in [-0.39, 0.29) is 5.78 Å². The van der Waals surface area contributed by atoms with Crippen LogP contribution in [0.25, 0.3) is 0 Å². The smallest absolute Gasteiger partial charge is 0.0322 e. The predicted molar refractivity (Wildman–Crippen MR) is 77.3 cm³/mol. The number of hydrogen-bond acceptors (Lipinski definition) is 1. The summed E-state index contributed by atoms with van der Waals surface area (Å²) < 4.78 is 0. The van der Waals surface area contributed by atoms with Gasteiger partial charge in [0.2, 0.25) is 0 Å². The summed E-state index contributed by atoms with van der Waals surface area (Å²) >= 11 is 0. The highest BCUT2D eigenvalue weighted by atomic mass is 31.1. The van der Waals surface area contributed by atoms with Crippen molar-refractivity contribution in [3.05, 3.63) is 60.7 Å². The maximum atomic E-state index is 6.31. The van der Waals surface area contributed by atoms with E-state index in [1.165, 1.54) is 10.6 Å². The molecule has 2 heteroatoms. The molecule has 2 aromatic carbocycles. The van der Waals surface area contributed by atoms with Crippen LogP contribution in [0.5, 0.6) is 0 Å². The molecule has 0 fully saturated rings. The van der Waals surface area contributed by atoms with Crippen LogP contribution in [0.3, 0.4) is 0 Å². The highest BCUT2D eigenvalue weighted by Crippen LogP contribution is 2.37. The molecule has 0 radical (unpaired) electrons. The molecule has 2 rings (SSSR count). The van der Waals surface area contributed by atoms with E-state index in [0.29, 0.717) is 0 Å². The quantitative estimate of drug-likeness (QED) is 0.821. The van der Waals surface area contributed by atoms with Gasteiger partial charge in [0.25, 0.3) is 0 Å². The van der Waals surface area contributed by atoms with Crippen LogP contribution >= 0.6 is 7.92 Å². The third-order valence-electron chi connectivity index (χ3n) is 2.82. The Hall–Kier alpha value is -1.17. The predicted octanol–water partition coefficient (Wildman–Crippen LogP) is 2.81. The third-order valence-corrected chi connectivity index (χ3v) is 5.56. The Morgan fingerprint density at radius 2 is 1.29 bits per heavy atom. The second-order valence-electron chi connectivity index (χ2n) is 4.02. The van der Waals surface area contributed by atoms with Crippen molar-refractivity contribution in [3.63, 3.8) is 0 Å². The van der Waals surface area contributed by atoms with Crippen molar-refractivity contribution in [2.24, 2.45) is 5.73 Å². The van der Waals surface area contributed by atoms with Crippen LogP contribution in [0.1, 0.15) is 13.3 Å². The summed E-state index contributed by atoms with van der Waals surface area (Å²) in [5.74, 6) is 0.231. The molecule has 0 bridgehead atoms. The zero-order valence-corrected chi connectivity index (χ0v) is 11.0. The van der Waals surface area contributed by atoms with E-state index >= 15 is 0 Å². The van der Waals surface area contributed by atoms with Gasteiger partial charge in [-0.15, -0.1) is 0 Å². The minimum absolute atomic E-state index is 0.231. The zero-order chi connectivity index (χ0) is 12.1. The van der Waals surface area contributed by atoms with Crippen molar-refractivity contribution in [2.75, 3.05) is 0 Å². The summed E-state index contributed by atoms with van der Waals surface area (Å²) in [6.45, 7) is 2.16. The van der Waals surface area contributed by atoms with Crippen molar-refractivity contribution >= 4 is 18.5 Å². The molecule has 0 aromatic heterocycles. The van der Waals surface area contributed by atoms with E-state index in [0.717, 1.165) is 6.42 Å². The molecule has 0 aliphatic heterocycles. The number of hydrogen-bond donors (Lipinski definition) is 1. The summed E-state index contributed by atoms with van der Waals surface area (Å²) in [4.78, 5) is 0. The van der Waals surface area contributed by atoms with Crippen molar-refractivity contribution in [1.29, 1.82) is 0 Å². The first-order valence-corrected chi connectivity index (χ1v) is 7.39. The Morgan fingerprint density at radius 3 is 1.65 bits per heavy atom. The molecule has 0 spiro atoms. The van der Waals surface area contributed by atoms with Gasteiger partial charge in [-0.3, -0.25) is 0 Å². The van der Waals surface area contributed by atoms with Crippen LogP contribution in [0.4, 0.5) is 0 Å². The van der Waals surface area contributed by atoms with Crippen LogP contribution in [-0.2, 0) is 0 Å². The average molecular weight is 243 g/mol. The standard InChI is InChI=1S/C15H18NP/c1-2-15(16)17(13-9-5-3-6-10-13)14-11-7-4-8-12-14/h3-12,15H,2,16H2,1H3. The van der Waals surface area contributed by atoms with Gasteiger partial charge in [-0.05, 0) is 25.0 Å². The molecule has 0 amide bonds. The van der Waals surface area contributed by atoms with Crippen molar-refractivity contribution < 1.29 is 0 Å². The van der Waals surface area contributed by atoms with Crippen LogP contribution in [-0.4, -0.2) is 5.78 Å². The van der Waals surface area contributed by atoms with E-state index in [4.69, 9.17) is 5.73 Å². The van der Waals surface area contributed by atoms with Crippen LogP contribution in [0.2, 0.25) is 0 Å². The zero-order valence-electron chi connectivity index (χ0n) is 10.1. The summed E-state index contributed by atoms with van der Waals surface area (Å²) in [5.41, 5.74) is 6.31. The molecule has 1 atom stereocenters. The molecule has 2 aromatic rings. The Balaban J connectivity index is 2.39. The molecule has 1 unspecified atom stereocenters. The molecule has 17 heavy (non-hydrogen) atoms. The minimum Gasteiger partial charge on any atom is -0.324 e. The van der Waals surface area contributed by atoms with Crippen LogP contribution in [0.15, 0.2) is 60.7 Å². The first kappa shape index (κ1) is 12.3. The van der Waals surface area contributed by atoms with Gasteiger partial charge < -0.3 is 5.73 Å². The van der Waals surface area contributed by atoms with Gasteiger partial charge in [0.1, 0.15) is 0 Å². The lowest BCUT2D eigenvalue weighted by atomic mass is 10.4. The van der Waals surface area contributed by atoms with E-state index in [9.17, 15) is 0 Å². The first-order chi connectivity index (χ1) is 8.33. The Kier molecular flexibility index (Phi) is 4.30.